The van der Waals surface area contributed by atoms with Gasteiger partial charge in [-0.15, -0.1) is 0 Å². The van der Waals surface area contributed by atoms with Crippen molar-refractivity contribution in [1.82, 2.24) is 4.90 Å². The second kappa shape index (κ2) is 10.8. The summed E-state index contributed by atoms with van der Waals surface area (Å²) in [4.78, 5) is 66.2. The third-order valence-corrected chi connectivity index (χ3v) is 7.30. The molecule has 0 N–H and O–H groups in total. The topological polar surface area (TPSA) is 142 Å². The number of hydrogen-bond donors (Lipinski definition) is 0. The van der Waals surface area contributed by atoms with Gasteiger partial charge < -0.3 is 14.2 Å². The number of carbonyl (C=O) groups is 4. The van der Waals surface area contributed by atoms with E-state index < -0.39 is 52.7 Å². The third-order valence-electron chi connectivity index (χ3n) is 7.30. The van der Waals surface area contributed by atoms with Crippen LogP contribution in [-0.2, 0) is 23.8 Å². The van der Waals surface area contributed by atoms with E-state index in [1.165, 1.54) is 36.4 Å². The second-order valence-electron chi connectivity index (χ2n) is 9.52. The van der Waals surface area contributed by atoms with E-state index in [0.29, 0.717) is 11.1 Å². The van der Waals surface area contributed by atoms with Crippen molar-refractivity contribution in [2.45, 2.75) is 26.5 Å². The van der Waals surface area contributed by atoms with E-state index >= 15 is 0 Å². The van der Waals surface area contributed by atoms with Gasteiger partial charge in [-0.2, -0.15) is 0 Å². The quantitative estimate of drug-likeness (QED) is 0.161. The Morgan fingerprint density at radius 1 is 0.976 bits per heavy atom. The van der Waals surface area contributed by atoms with Crippen molar-refractivity contribution in [1.29, 1.82) is 0 Å². The number of benzene rings is 2. The van der Waals surface area contributed by atoms with E-state index in [-0.39, 0.29) is 35.8 Å². The molecule has 3 aliphatic rings. The zero-order valence-corrected chi connectivity index (χ0v) is 22.3. The van der Waals surface area contributed by atoms with E-state index in [1.807, 2.05) is 0 Å². The predicted molar refractivity (Wildman–Crippen MR) is 144 cm³/mol. The lowest BCUT2D eigenvalue weighted by Crippen LogP contribution is -2.57. The smallest absolute Gasteiger partial charge is 0.324 e. The lowest BCUT2D eigenvalue weighted by atomic mass is 9.68. The van der Waals surface area contributed by atoms with E-state index in [0.717, 1.165) is 4.90 Å². The second-order valence-corrected chi connectivity index (χ2v) is 9.52. The number of esters is 2. The number of nitro benzene ring substituents is 1. The zero-order chi connectivity index (χ0) is 29.3. The Balaban J connectivity index is 1.73. The van der Waals surface area contributed by atoms with Gasteiger partial charge in [0.2, 0.25) is 0 Å². The summed E-state index contributed by atoms with van der Waals surface area (Å²) in [6.45, 7) is 3.12. The molecule has 11 nitrogen and oxygen atoms in total. The van der Waals surface area contributed by atoms with Gasteiger partial charge in [0.25, 0.3) is 17.5 Å². The molecule has 41 heavy (non-hydrogen) atoms. The number of nitrogens with zero attached hydrogens (tertiary/aromatic N) is 2. The van der Waals surface area contributed by atoms with Crippen LogP contribution in [0.1, 0.15) is 46.5 Å². The number of hydrogen-bond acceptors (Lipinski definition) is 9. The number of ether oxygens (including phenoxy) is 3. The number of carbonyl (C=O) groups excluding carboxylic acids is 4. The van der Waals surface area contributed by atoms with E-state index in [9.17, 15) is 29.3 Å². The Hall–Kier alpha value is -5.06. The number of amides is 2. The largest absolute Gasteiger partial charge is 0.473 e. The minimum atomic E-state index is -2.02. The Kier molecular flexibility index (Phi) is 7.27. The lowest BCUT2D eigenvalue weighted by Gasteiger charge is -2.45. The van der Waals surface area contributed by atoms with Crippen LogP contribution in [0.2, 0.25) is 0 Å². The Morgan fingerprint density at radius 3 is 2.10 bits per heavy atom. The summed E-state index contributed by atoms with van der Waals surface area (Å²) in [5.74, 6) is -3.98. The Bertz CT molecular complexity index is 1480. The molecule has 1 saturated heterocycles. The molecular weight excluding hydrogens is 532 g/mol. The van der Waals surface area contributed by atoms with Crippen molar-refractivity contribution < 1.29 is 38.3 Å². The van der Waals surface area contributed by atoms with Crippen LogP contribution in [0.25, 0.3) is 5.57 Å². The highest BCUT2D eigenvalue weighted by molar-refractivity contribution is 6.21. The first-order valence-electron chi connectivity index (χ1n) is 13.1. The molecule has 2 amide bonds. The molecule has 0 radical (unpaired) electrons. The third kappa shape index (κ3) is 4.48. The Morgan fingerprint density at radius 2 is 1.56 bits per heavy atom. The van der Waals surface area contributed by atoms with Gasteiger partial charge in [0.15, 0.2) is 11.6 Å². The molecule has 11 heteroatoms. The molecule has 0 aromatic heterocycles. The standard InChI is InChI=1S/C30H26N2O9/c1-3-39-28(35)30(29(36)40-4-2)17-24(31-26(33)21-10-5-6-11-22(21)27(31)34)41-25-20(9-7-8-12-23(25)30)18-13-15-19(16-14-18)32(37)38/h5-16,23-24H,3-4,17H2,1-2H3/t23-,24+/m0/s1. The van der Waals surface area contributed by atoms with Crippen molar-refractivity contribution in [2.75, 3.05) is 13.2 Å². The SMILES string of the molecule is CCOC(=O)C1(C(=O)OCC)C[C@H](N2C(=O)c3ccccc3C2=O)OC2=C(c3ccc([N+](=O)[O-])cc3)C=CC=C[C@@H]21. The molecule has 2 aliphatic heterocycles. The molecule has 1 fully saturated rings. The van der Waals surface area contributed by atoms with Crippen LogP contribution in [0.4, 0.5) is 5.69 Å². The number of non-ortho nitro benzene ring substituents is 1. The Labute approximate surface area is 234 Å². The van der Waals surface area contributed by atoms with Crippen LogP contribution in [0.15, 0.2) is 78.6 Å². The fourth-order valence-electron chi connectivity index (χ4n) is 5.42. The monoisotopic (exact) mass is 558 g/mol. The summed E-state index contributed by atoms with van der Waals surface area (Å²) < 4.78 is 17.2. The molecule has 2 aromatic carbocycles. The normalized spacial score (nSPS) is 20.6. The summed E-state index contributed by atoms with van der Waals surface area (Å²) in [5, 5.41) is 11.2. The van der Waals surface area contributed by atoms with Crippen molar-refractivity contribution in [2.24, 2.45) is 11.3 Å². The highest BCUT2D eigenvalue weighted by atomic mass is 16.6. The summed E-state index contributed by atoms with van der Waals surface area (Å²) in [6.07, 6.45) is 4.79. The summed E-state index contributed by atoms with van der Waals surface area (Å²) in [5.41, 5.74) is -0.923. The van der Waals surface area contributed by atoms with Crippen LogP contribution in [-0.4, -0.2) is 53.0 Å². The molecule has 2 aromatic rings. The maximum atomic E-state index is 13.8. The first-order valence-corrected chi connectivity index (χ1v) is 13.1. The van der Waals surface area contributed by atoms with Gasteiger partial charge in [0, 0.05) is 24.1 Å². The molecular formula is C30H26N2O9. The first kappa shape index (κ1) is 27.5. The lowest BCUT2D eigenvalue weighted by molar-refractivity contribution is -0.384. The van der Waals surface area contributed by atoms with Gasteiger partial charge in [0.05, 0.1) is 35.2 Å². The summed E-state index contributed by atoms with van der Waals surface area (Å²) in [6, 6.07) is 12.0. The number of rotatable bonds is 7. The average molecular weight is 559 g/mol. The molecule has 0 bridgehead atoms. The highest BCUT2D eigenvalue weighted by Crippen LogP contribution is 2.51. The van der Waals surface area contributed by atoms with E-state index in [1.54, 1.807) is 50.3 Å². The molecule has 1 aliphatic carbocycles. The van der Waals surface area contributed by atoms with Crippen LogP contribution >= 0.6 is 0 Å². The highest BCUT2D eigenvalue weighted by Gasteiger charge is 2.62. The maximum Gasteiger partial charge on any atom is 0.324 e. The van der Waals surface area contributed by atoms with E-state index in [2.05, 4.69) is 0 Å². The summed E-state index contributed by atoms with van der Waals surface area (Å²) >= 11 is 0. The minimum Gasteiger partial charge on any atom is -0.473 e. The minimum absolute atomic E-state index is 0.0402. The van der Waals surface area contributed by atoms with Crippen molar-refractivity contribution in [3.05, 3.63) is 105 Å². The van der Waals surface area contributed by atoms with Crippen LogP contribution in [0, 0.1) is 21.4 Å². The van der Waals surface area contributed by atoms with Gasteiger partial charge in [-0.1, -0.05) is 36.4 Å². The maximum absolute atomic E-state index is 13.8. The van der Waals surface area contributed by atoms with Crippen LogP contribution in [0.3, 0.4) is 0 Å². The van der Waals surface area contributed by atoms with Gasteiger partial charge in [-0.3, -0.25) is 29.3 Å². The van der Waals surface area contributed by atoms with E-state index in [4.69, 9.17) is 14.2 Å². The molecule has 5 rings (SSSR count). The average Bonchev–Trinajstić information content (AvgIpc) is 3.09. The zero-order valence-electron chi connectivity index (χ0n) is 22.3. The predicted octanol–water partition coefficient (Wildman–Crippen LogP) is 4.20. The van der Waals surface area contributed by atoms with Crippen molar-refractivity contribution in [3.63, 3.8) is 0 Å². The molecule has 2 atom stereocenters. The molecule has 0 unspecified atom stereocenters. The van der Waals surface area contributed by atoms with Gasteiger partial charge in [0.1, 0.15) is 5.76 Å². The van der Waals surface area contributed by atoms with Gasteiger partial charge in [-0.25, -0.2) is 4.90 Å². The molecule has 0 saturated carbocycles. The fourth-order valence-corrected chi connectivity index (χ4v) is 5.42. The first-order chi connectivity index (χ1) is 19.7. The number of fused-ring (bicyclic) bond motifs is 2. The number of imide groups is 1. The van der Waals surface area contributed by atoms with Crippen molar-refractivity contribution >= 4 is 35.0 Å². The molecule has 2 heterocycles. The van der Waals surface area contributed by atoms with Crippen LogP contribution in [0.5, 0.6) is 0 Å². The number of allylic oxidation sites excluding steroid dienone is 5. The van der Waals surface area contributed by atoms with Gasteiger partial charge in [-0.05, 0) is 43.7 Å². The summed E-state index contributed by atoms with van der Waals surface area (Å²) in [7, 11) is 0. The molecule has 0 spiro atoms. The van der Waals surface area contributed by atoms with Crippen LogP contribution < -0.4 is 0 Å². The molecule has 210 valence electrons. The van der Waals surface area contributed by atoms with Crippen molar-refractivity contribution in [3.8, 4) is 0 Å². The fraction of sp³-hybridized carbons (Fsp3) is 0.267. The van der Waals surface area contributed by atoms with Gasteiger partial charge >= 0.3 is 11.9 Å². The number of nitro groups is 1.